The van der Waals surface area contributed by atoms with Crippen molar-refractivity contribution in [3.05, 3.63) is 0 Å². The van der Waals surface area contributed by atoms with Gasteiger partial charge in [-0.1, -0.05) is 13.8 Å². The summed E-state index contributed by atoms with van der Waals surface area (Å²) >= 11 is 4.02. The highest BCUT2D eigenvalue weighted by Crippen LogP contribution is 2.09. The van der Waals surface area contributed by atoms with E-state index < -0.39 is 0 Å². The average molecular weight is 178 g/mol. The fourth-order valence-corrected chi connectivity index (χ4v) is 2.54. The van der Waals surface area contributed by atoms with Crippen LogP contribution in [-0.4, -0.2) is 23.5 Å². The molecule has 0 aromatic carbocycles. The molecule has 0 aliphatic carbocycles. The molecule has 0 atom stereocenters. The molecule has 0 aliphatic rings. The van der Waals surface area contributed by atoms with E-state index >= 15 is 0 Å². The Kier molecular flexibility index (Phi) is 8.35. The summed E-state index contributed by atoms with van der Waals surface area (Å²) in [7, 11) is 0. The van der Waals surface area contributed by atoms with Crippen molar-refractivity contribution < 1.29 is 0 Å². The lowest BCUT2D eigenvalue weighted by molar-refractivity contribution is 0.632. The van der Waals surface area contributed by atoms with Crippen molar-refractivity contribution in [2.24, 2.45) is 5.92 Å². The van der Waals surface area contributed by atoms with Crippen molar-refractivity contribution in [3.8, 4) is 0 Å². The summed E-state index contributed by atoms with van der Waals surface area (Å²) in [6.45, 7) is 4.57. The van der Waals surface area contributed by atoms with Crippen LogP contribution < -0.4 is 0 Å². The van der Waals surface area contributed by atoms with E-state index in [9.17, 15) is 0 Å². The van der Waals surface area contributed by atoms with Crippen molar-refractivity contribution in [1.82, 2.24) is 0 Å². The summed E-state index contributed by atoms with van der Waals surface area (Å²) in [6, 6.07) is 0. The maximum absolute atomic E-state index is 2.29. The van der Waals surface area contributed by atoms with Gasteiger partial charge in [0, 0.05) is 11.5 Å². The second-order valence-electron chi connectivity index (χ2n) is 2.79. The van der Waals surface area contributed by atoms with Crippen LogP contribution in [0.2, 0.25) is 0 Å². The van der Waals surface area contributed by atoms with Gasteiger partial charge in [0.2, 0.25) is 0 Å². The van der Waals surface area contributed by atoms with Gasteiger partial charge in [0.25, 0.3) is 0 Å². The zero-order valence-corrected chi connectivity index (χ0v) is 8.86. The van der Waals surface area contributed by atoms with Gasteiger partial charge in [-0.3, -0.25) is 0 Å². The first-order valence-electron chi connectivity index (χ1n) is 3.84. The number of hydrogen-bond donors (Lipinski definition) is 0. The Morgan fingerprint density at radius 1 is 1.10 bits per heavy atom. The molecule has 0 nitrogen and oxygen atoms in total. The largest absolute Gasteiger partial charge is 0.165 e. The third-order valence-electron chi connectivity index (χ3n) is 1.27. The van der Waals surface area contributed by atoms with E-state index in [0.717, 1.165) is 5.92 Å². The van der Waals surface area contributed by atoms with E-state index in [4.69, 9.17) is 0 Å². The summed E-state index contributed by atoms with van der Waals surface area (Å²) in [5, 5.41) is 0. The van der Waals surface area contributed by atoms with Crippen LogP contribution in [0.5, 0.6) is 0 Å². The standard InChI is InChI=1S/C8H18S2/c1-8(2)4-5-10-7-6-9-3/h8H,4-7H2,1-3H3. The SMILES string of the molecule is CSCCSCCC(C)C. The molecule has 0 amide bonds. The molecule has 0 fully saturated rings. The van der Waals surface area contributed by atoms with Crippen molar-refractivity contribution >= 4 is 23.5 Å². The molecule has 0 aromatic rings. The van der Waals surface area contributed by atoms with Crippen LogP contribution in [-0.2, 0) is 0 Å². The number of hydrogen-bond acceptors (Lipinski definition) is 2. The maximum atomic E-state index is 2.29. The lowest BCUT2D eigenvalue weighted by Gasteiger charge is -2.02. The molecule has 0 rings (SSSR count). The predicted molar refractivity (Wildman–Crippen MR) is 55.2 cm³/mol. The molecular weight excluding hydrogens is 160 g/mol. The zero-order chi connectivity index (χ0) is 7.82. The number of rotatable bonds is 6. The molecular formula is C8H18S2. The fourth-order valence-electron chi connectivity index (χ4n) is 0.563. The minimum absolute atomic E-state index is 0.877. The van der Waals surface area contributed by atoms with Gasteiger partial charge in [0.1, 0.15) is 0 Å². The molecule has 2 heteroatoms. The second kappa shape index (κ2) is 7.80. The Morgan fingerprint density at radius 2 is 1.80 bits per heavy atom. The molecule has 10 heavy (non-hydrogen) atoms. The van der Waals surface area contributed by atoms with Gasteiger partial charge in [-0.05, 0) is 24.3 Å². The van der Waals surface area contributed by atoms with E-state index in [2.05, 4.69) is 31.9 Å². The quantitative estimate of drug-likeness (QED) is 0.573. The summed E-state index contributed by atoms with van der Waals surface area (Å²) in [5.41, 5.74) is 0. The molecule has 62 valence electrons. The molecule has 0 bridgehead atoms. The lowest BCUT2D eigenvalue weighted by atomic mass is 10.2. The molecule has 0 saturated heterocycles. The molecule has 0 aromatic heterocycles. The first-order valence-corrected chi connectivity index (χ1v) is 6.39. The highest BCUT2D eigenvalue weighted by molar-refractivity contribution is 8.02. The van der Waals surface area contributed by atoms with Crippen LogP contribution in [0.1, 0.15) is 20.3 Å². The Bertz CT molecular complexity index is 62.3. The van der Waals surface area contributed by atoms with Crippen LogP contribution >= 0.6 is 23.5 Å². The van der Waals surface area contributed by atoms with E-state index in [1.165, 1.54) is 23.7 Å². The number of thioether (sulfide) groups is 2. The Balaban J connectivity index is 2.77. The van der Waals surface area contributed by atoms with Gasteiger partial charge in [-0.15, -0.1) is 0 Å². The molecule has 0 aliphatic heterocycles. The average Bonchev–Trinajstić information content (AvgIpc) is 1.87. The molecule has 0 heterocycles. The predicted octanol–water partition coefficient (Wildman–Crippen LogP) is 3.13. The van der Waals surface area contributed by atoms with E-state index in [1.54, 1.807) is 0 Å². The second-order valence-corrected chi connectivity index (χ2v) is 5.00. The van der Waals surface area contributed by atoms with E-state index in [0.29, 0.717) is 0 Å². The van der Waals surface area contributed by atoms with Crippen LogP contribution in [0, 0.1) is 5.92 Å². The summed E-state index contributed by atoms with van der Waals surface area (Å²) in [6.07, 6.45) is 3.54. The van der Waals surface area contributed by atoms with Crippen LogP contribution in [0.3, 0.4) is 0 Å². The monoisotopic (exact) mass is 178 g/mol. The minimum atomic E-state index is 0.877. The van der Waals surface area contributed by atoms with Crippen LogP contribution in [0.4, 0.5) is 0 Å². The van der Waals surface area contributed by atoms with Gasteiger partial charge in [-0.25, -0.2) is 0 Å². The topological polar surface area (TPSA) is 0 Å². The van der Waals surface area contributed by atoms with Gasteiger partial charge in [0.05, 0.1) is 0 Å². The van der Waals surface area contributed by atoms with E-state index in [-0.39, 0.29) is 0 Å². The molecule has 0 radical (unpaired) electrons. The first kappa shape index (κ1) is 10.7. The maximum Gasteiger partial charge on any atom is 0.00234 e. The van der Waals surface area contributed by atoms with Gasteiger partial charge >= 0.3 is 0 Å². The Morgan fingerprint density at radius 3 is 2.30 bits per heavy atom. The zero-order valence-electron chi connectivity index (χ0n) is 7.22. The van der Waals surface area contributed by atoms with Gasteiger partial charge in [-0.2, -0.15) is 23.5 Å². The van der Waals surface area contributed by atoms with Crippen LogP contribution in [0.15, 0.2) is 0 Å². The van der Waals surface area contributed by atoms with Crippen LogP contribution in [0.25, 0.3) is 0 Å². The molecule has 0 spiro atoms. The Hall–Kier alpha value is 0.700. The smallest absolute Gasteiger partial charge is 0.00234 e. The lowest BCUT2D eigenvalue weighted by Crippen LogP contribution is -1.91. The minimum Gasteiger partial charge on any atom is -0.165 e. The third kappa shape index (κ3) is 8.70. The van der Waals surface area contributed by atoms with Gasteiger partial charge < -0.3 is 0 Å². The van der Waals surface area contributed by atoms with Crippen molar-refractivity contribution in [3.63, 3.8) is 0 Å². The summed E-state index contributed by atoms with van der Waals surface area (Å²) < 4.78 is 0. The normalized spacial score (nSPS) is 10.8. The highest BCUT2D eigenvalue weighted by Gasteiger charge is 1.92. The van der Waals surface area contributed by atoms with E-state index in [1.807, 2.05) is 11.8 Å². The summed E-state index contributed by atoms with van der Waals surface area (Å²) in [5.74, 6) is 4.86. The summed E-state index contributed by atoms with van der Waals surface area (Å²) in [4.78, 5) is 0. The molecule has 0 unspecified atom stereocenters. The third-order valence-corrected chi connectivity index (χ3v) is 3.16. The van der Waals surface area contributed by atoms with Crippen molar-refractivity contribution in [2.45, 2.75) is 20.3 Å². The van der Waals surface area contributed by atoms with Crippen molar-refractivity contribution in [2.75, 3.05) is 23.5 Å². The first-order chi connectivity index (χ1) is 4.77. The molecule has 0 N–H and O–H groups in total. The molecule has 0 saturated carbocycles. The highest BCUT2D eigenvalue weighted by atomic mass is 32.2. The Labute approximate surface area is 73.5 Å². The van der Waals surface area contributed by atoms with Gasteiger partial charge in [0.15, 0.2) is 0 Å². The fraction of sp³-hybridized carbons (Fsp3) is 1.00. The van der Waals surface area contributed by atoms with Crippen molar-refractivity contribution in [1.29, 1.82) is 0 Å².